The van der Waals surface area contributed by atoms with Crippen LogP contribution in [0.2, 0.25) is 0 Å². The molecule has 2 fully saturated rings. The van der Waals surface area contributed by atoms with Crippen LogP contribution in [0.25, 0.3) is 10.9 Å². The second kappa shape index (κ2) is 10.7. The third-order valence-corrected chi connectivity index (χ3v) is 8.23. The first-order valence-corrected chi connectivity index (χ1v) is 13.5. The number of aryl methyl sites for hydroxylation is 2. The summed E-state index contributed by atoms with van der Waals surface area (Å²) in [6, 6.07) is 7.19. The largest absolute Gasteiger partial charge is 0.466 e. The topological polar surface area (TPSA) is 54.8 Å². The molecule has 2 saturated heterocycles. The number of aromatic nitrogens is 1. The molecule has 0 amide bonds. The number of nitrogens with zero attached hydrogens (tertiary/aromatic N) is 3. The number of carbonyl (C=O) groups is 1. The van der Waals surface area contributed by atoms with Crippen LogP contribution in [-0.4, -0.2) is 59.2 Å². The summed E-state index contributed by atoms with van der Waals surface area (Å²) in [5.74, 6) is -0.0171. The van der Waals surface area contributed by atoms with Gasteiger partial charge in [-0.25, -0.2) is 0 Å². The lowest BCUT2D eigenvalue weighted by molar-refractivity contribution is -0.150. The molecule has 35 heavy (non-hydrogen) atoms. The molecular weight excluding hydrogens is 438 g/mol. The van der Waals surface area contributed by atoms with Crippen molar-refractivity contribution in [1.29, 1.82) is 0 Å². The number of carbonyl (C=O) groups excluding carboxylic acids is 1. The van der Waals surface area contributed by atoms with Crippen LogP contribution in [0.5, 0.6) is 0 Å². The molecular formula is C29H39N3O3. The van der Waals surface area contributed by atoms with Gasteiger partial charge in [-0.15, -0.1) is 6.58 Å². The standard InChI is InChI=1S/C29H39N3O3/c1-3-12-32-27-18-22-8-5-7-21(22)16-24(27)17-25(28(32)33)19-30-14-10-26(11-15-30)31-13-6-9-23(20-31)29(34)35-4-2/h3,16-18,23,26H,1,4-15,19-20H2,2H3/t23-/m0/s1. The van der Waals surface area contributed by atoms with Crippen molar-refractivity contribution in [3.63, 3.8) is 0 Å². The highest BCUT2D eigenvalue weighted by molar-refractivity contribution is 5.82. The molecule has 188 valence electrons. The molecule has 0 bridgehead atoms. The van der Waals surface area contributed by atoms with Crippen molar-refractivity contribution in [3.8, 4) is 0 Å². The maximum Gasteiger partial charge on any atom is 0.310 e. The zero-order chi connectivity index (χ0) is 24.4. The van der Waals surface area contributed by atoms with Crippen LogP contribution < -0.4 is 5.56 Å². The molecule has 6 nitrogen and oxygen atoms in total. The first-order chi connectivity index (χ1) is 17.1. The van der Waals surface area contributed by atoms with Gasteiger partial charge in [-0.1, -0.05) is 6.08 Å². The maximum atomic E-state index is 13.4. The van der Waals surface area contributed by atoms with Crippen LogP contribution in [0.15, 0.2) is 35.6 Å². The molecule has 3 aliphatic rings. The predicted molar refractivity (Wildman–Crippen MR) is 140 cm³/mol. The van der Waals surface area contributed by atoms with Crippen molar-refractivity contribution in [1.82, 2.24) is 14.4 Å². The van der Waals surface area contributed by atoms with Crippen molar-refractivity contribution >= 4 is 16.9 Å². The van der Waals surface area contributed by atoms with Crippen LogP contribution in [0, 0.1) is 5.92 Å². The number of fused-ring (bicyclic) bond motifs is 2. The second-order valence-electron chi connectivity index (χ2n) is 10.5. The number of benzene rings is 1. The molecule has 3 heterocycles. The van der Waals surface area contributed by atoms with E-state index < -0.39 is 0 Å². The lowest BCUT2D eigenvalue weighted by Gasteiger charge is -2.41. The van der Waals surface area contributed by atoms with Crippen LogP contribution in [0.1, 0.15) is 55.7 Å². The number of rotatable bonds is 7. The molecule has 6 heteroatoms. The number of pyridine rings is 1. The van der Waals surface area contributed by atoms with Gasteiger partial charge in [-0.3, -0.25) is 19.4 Å². The van der Waals surface area contributed by atoms with E-state index in [1.54, 1.807) is 0 Å². The number of hydrogen-bond acceptors (Lipinski definition) is 5. The number of allylic oxidation sites excluding steroid dienone is 1. The monoisotopic (exact) mass is 477 g/mol. The van der Waals surface area contributed by atoms with Gasteiger partial charge in [-0.2, -0.15) is 0 Å². The first-order valence-electron chi connectivity index (χ1n) is 13.5. The average molecular weight is 478 g/mol. The van der Waals surface area contributed by atoms with E-state index in [2.05, 4.69) is 34.6 Å². The summed E-state index contributed by atoms with van der Waals surface area (Å²) in [7, 11) is 0. The lowest BCUT2D eigenvalue weighted by atomic mass is 9.94. The molecule has 0 radical (unpaired) electrons. The number of esters is 1. The van der Waals surface area contributed by atoms with Gasteiger partial charge in [0.05, 0.1) is 18.0 Å². The minimum atomic E-state index is -0.0348. The van der Waals surface area contributed by atoms with Crippen molar-refractivity contribution in [2.75, 3.05) is 32.8 Å². The van der Waals surface area contributed by atoms with Gasteiger partial charge in [0.1, 0.15) is 0 Å². The fraction of sp³-hybridized carbons (Fsp3) is 0.586. The van der Waals surface area contributed by atoms with Crippen molar-refractivity contribution in [3.05, 3.63) is 57.9 Å². The smallest absolute Gasteiger partial charge is 0.310 e. The normalized spacial score (nSPS) is 21.8. The van der Waals surface area contributed by atoms with E-state index in [9.17, 15) is 9.59 Å². The summed E-state index contributed by atoms with van der Waals surface area (Å²) in [5.41, 5.74) is 4.88. The molecule has 1 aliphatic carbocycles. The Labute approximate surface area is 208 Å². The van der Waals surface area contributed by atoms with Gasteiger partial charge in [0.25, 0.3) is 5.56 Å². The molecule has 2 aromatic rings. The van der Waals surface area contributed by atoms with Gasteiger partial charge >= 0.3 is 5.97 Å². The van der Waals surface area contributed by atoms with Crippen LogP contribution in [0.4, 0.5) is 0 Å². The van der Waals surface area contributed by atoms with Gasteiger partial charge in [0.15, 0.2) is 0 Å². The molecule has 1 aromatic heterocycles. The quantitative estimate of drug-likeness (QED) is 0.447. The van der Waals surface area contributed by atoms with Crippen molar-refractivity contribution < 1.29 is 9.53 Å². The van der Waals surface area contributed by atoms with Gasteiger partial charge in [-0.05, 0) is 106 Å². The number of piperidine rings is 2. The van der Waals surface area contributed by atoms with Crippen LogP contribution in [0.3, 0.4) is 0 Å². The highest BCUT2D eigenvalue weighted by Crippen LogP contribution is 2.28. The van der Waals surface area contributed by atoms with E-state index in [0.29, 0.717) is 25.7 Å². The summed E-state index contributed by atoms with van der Waals surface area (Å²) in [6.45, 7) is 11.3. The van der Waals surface area contributed by atoms with E-state index in [1.807, 2.05) is 17.6 Å². The Morgan fingerprint density at radius 1 is 1.09 bits per heavy atom. The summed E-state index contributed by atoms with van der Waals surface area (Å²) < 4.78 is 7.19. The SMILES string of the molecule is C=CCn1c(=O)c(CN2CCC(N3CCC[C@H](C(=O)OCC)C3)CC2)cc2cc3c(cc21)CCC3. The Morgan fingerprint density at radius 3 is 2.60 bits per heavy atom. The third-order valence-electron chi connectivity index (χ3n) is 8.23. The average Bonchev–Trinajstić information content (AvgIpc) is 3.33. The zero-order valence-electron chi connectivity index (χ0n) is 21.1. The van der Waals surface area contributed by atoms with Crippen molar-refractivity contribution in [2.45, 2.75) is 71.0 Å². The minimum Gasteiger partial charge on any atom is -0.466 e. The molecule has 0 unspecified atom stereocenters. The molecule has 1 atom stereocenters. The van der Waals surface area contributed by atoms with Crippen LogP contribution >= 0.6 is 0 Å². The predicted octanol–water partition coefficient (Wildman–Crippen LogP) is 3.92. The van der Waals surface area contributed by atoms with E-state index in [0.717, 1.165) is 75.8 Å². The lowest BCUT2D eigenvalue weighted by Crippen LogP contribution is -2.49. The highest BCUT2D eigenvalue weighted by atomic mass is 16.5. The van der Waals surface area contributed by atoms with Gasteiger partial charge < -0.3 is 9.30 Å². The zero-order valence-corrected chi connectivity index (χ0v) is 21.1. The number of likely N-dealkylation sites (tertiary alicyclic amines) is 2. The second-order valence-corrected chi connectivity index (χ2v) is 10.5. The van der Waals surface area contributed by atoms with E-state index in [4.69, 9.17) is 4.74 Å². The Hall–Kier alpha value is -2.44. The number of hydrogen-bond donors (Lipinski definition) is 0. The summed E-state index contributed by atoms with van der Waals surface area (Å²) >= 11 is 0. The summed E-state index contributed by atoms with van der Waals surface area (Å²) in [5, 5.41) is 1.18. The van der Waals surface area contributed by atoms with E-state index in [-0.39, 0.29) is 17.4 Å². The molecule has 1 aromatic carbocycles. The Kier molecular flexibility index (Phi) is 7.40. The van der Waals surface area contributed by atoms with E-state index >= 15 is 0 Å². The summed E-state index contributed by atoms with van der Waals surface area (Å²) in [6.07, 6.45) is 9.45. The van der Waals surface area contributed by atoms with Crippen LogP contribution in [-0.2, 0) is 35.5 Å². The molecule has 0 N–H and O–H groups in total. The maximum absolute atomic E-state index is 13.4. The molecule has 0 spiro atoms. The minimum absolute atomic E-state index is 0.0177. The van der Waals surface area contributed by atoms with Gasteiger partial charge in [0.2, 0.25) is 0 Å². The molecule has 0 saturated carbocycles. The Balaban J connectivity index is 1.27. The highest BCUT2D eigenvalue weighted by Gasteiger charge is 2.32. The molecule has 5 rings (SSSR count). The summed E-state index contributed by atoms with van der Waals surface area (Å²) in [4.78, 5) is 30.6. The number of ether oxygens (including phenoxy) is 1. The fourth-order valence-corrected chi connectivity index (χ4v) is 6.41. The Morgan fingerprint density at radius 2 is 1.86 bits per heavy atom. The van der Waals surface area contributed by atoms with Crippen molar-refractivity contribution in [2.24, 2.45) is 5.92 Å². The third kappa shape index (κ3) is 5.10. The van der Waals surface area contributed by atoms with Gasteiger partial charge in [0, 0.05) is 31.2 Å². The van der Waals surface area contributed by atoms with E-state index in [1.165, 1.54) is 22.9 Å². The first kappa shape index (κ1) is 24.3. The Bertz CT molecular complexity index is 1150. The fourth-order valence-electron chi connectivity index (χ4n) is 6.41. The molecule has 2 aliphatic heterocycles.